The molecule has 0 spiro atoms. The van der Waals surface area contributed by atoms with E-state index in [1.807, 2.05) is 17.5 Å². The van der Waals surface area contributed by atoms with Crippen LogP contribution in [0.3, 0.4) is 0 Å². The first-order chi connectivity index (χ1) is 12.0. The van der Waals surface area contributed by atoms with Crippen LogP contribution >= 0.6 is 11.3 Å². The van der Waals surface area contributed by atoms with Crippen LogP contribution in [0, 0.1) is 5.82 Å². The van der Waals surface area contributed by atoms with Crippen molar-refractivity contribution in [3.05, 3.63) is 52.5 Å². The number of piperidine rings is 1. The molecule has 2 heterocycles. The van der Waals surface area contributed by atoms with Gasteiger partial charge in [-0.25, -0.2) is 12.8 Å². The molecule has 1 aliphatic heterocycles. The summed E-state index contributed by atoms with van der Waals surface area (Å²) in [5.74, 6) is -0.790. The SMILES string of the molecule is O=C(NCc1cccs1)[C@H]1CCCCN1S(=O)(=O)c1ccc(F)cc1. The molecule has 1 aliphatic rings. The Bertz CT molecular complexity index is 820. The van der Waals surface area contributed by atoms with E-state index in [9.17, 15) is 17.6 Å². The zero-order valence-corrected chi connectivity index (χ0v) is 15.2. The fourth-order valence-electron chi connectivity index (χ4n) is 2.90. The van der Waals surface area contributed by atoms with Crippen LogP contribution in [0.2, 0.25) is 0 Å². The molecule has 1 aromatic carbocycles. The molecule has 134 valence electrons. The highest BCUT2D eigenvalue weighted by molar-refractivity contribution is 7.89. The number of thiophene rings is 1. The van der Waals surface area contributed by atoms with Gasteiger partial charge >= 0.3 is 0 Å². The smallest absolute Gasteiger partial charge is 0.243 e. The molecule has 1 N–H and O–H groups in total. The Kier molecular flexibility index (Phi) is 5.51. The van der Waals surface area contributed by atoms with Crippen LogP contribution < -0.4 is 5.32 Å². The second-order valence-electron chi connectivity index (χ2n) is 5.88. The number of sulfonamides is 1. The summed E-state index contributed by atoms with van der Waals surface area (Å²) in [6.07, 6.45) is 1.98. The Morgan fingerprint density at radius 3 is 2.68 bits per heavy atom. The maximum Gasteiger partial charge on any atom is 0.243 e. The number of carbonyl (C=O) groups is 1. The molecule has 0 aliphatic carbocycles. The van der Waals surface area contributed by atoms with E-state index in [0.717, 1.165) is 23.4 Å². The zero-order valence-electron chi connectivity index (χ0n) is 13.5. The molecule has 1 fully saturated rings. The summed E-state index contributed by atoms with van der Waals surface area (Å²) in [6, 6.07) is 7.78. The van der Waals surface area contributed by atoms with Gasteiger partial charge in [-0.15, -0.1) is 11.3 Å². The number of nitrogens with one attached hydrogen (secondary N) is 1. The predicted molar refractivity (Wildman–Crippen MR) is 94.1 cm³/mol. The van der Waals surface area contributed by atoms with Crippen molar-refractivity contribution in [2.24, 2.45) is 0 Å². The molecular formula is C17H19FN2O3S2. The van der Waals surface area contributed by atoms with Gasteiger partial charge in [0.05, 0.1) is 11.4 Å². The number of hydrogen-bond donors (Lipinski definition) is 1. The Balaban J connectivity index is 1.77. The molecule has 0 radical (unpaired) electrons. The summed E-state index contributed by atoms with van der Waals surface area (Å²) < 4.78 is 40.1. The molecule has 1 aromatic heterocycles. The lowest BCUT2D eigenvalue weighted by Crippen LogP contribution is -2.51. The summed E-state index contributed by atoms with van der Waals surface area (Å²) >= 11 is 1.53. The van der Waals surface area contributed by atoms with Crippen molar-refractivity contribution in [2.45, 2.75) is 36.7 Å². The molecule has 3 rings (SSSR count). The highest BCUT2D eigenvalue weighted by Gasteiger charge is 2.37. The van der Waals surface area contributed by atoms with Gasteiger partial charge in [0, 0.05) is 11.4 Å². The molecule has 25 heavy (non-hydrogen) atoms. The Hall–Kier alpha value is -1.77. The fraction of sp³-hybridized carbons (Fsp3) is 0.353. The minimum Gasteiger partial charge on any atom is -0.350 e. The van der Waals surface area contributed by atoms with Gasteiger partial charge in [-0.2, -0.15) is 4.31 Å². The minimum atomic E-state index is -3.84. The molecular weight excluding hydrogens is 363 g/mol. The van der Waals surface area contributed by atoms with Crippen molar-refractivity contribution in [1.29, 1.82) is 0 Å². The molecule has 0 saturated carbocycles. The Morgan fingerprint density at radius 2 is 2.00 bits per heavy atom. The van der Waals surface area contributed by atoms with Gasteiger partial charge in [-0.3, -0.25) is 4.79 Å². The molecule has 5 nitrogen and oxygen atoms in total. The van der Waals surface area contributed by atoms with Crippen LogP contribution in [-0.4, -0.2) is 31.2 Å². The maximum atomic E-state index is 13.1. The number of rotatable bonds is 5. The first-order valence-corrected chi connectivity index (χ1v) is 10.4. The Morgan fingerprint density at radius 1 is 1.24 bits per heavy atom. The number of halogens is 1. The van der Waals surface area contributed by atoms with E-state index >= 15 is 0 Å². The van der Waals surface area contributed by atoms with Gasteiger partial charge in [0.1, 0.15) is 11.9 Å². The standard InChI is InChI=1S/C17H19FN2O3S2/c18-13-6-8-15(9-7-13)25(22,23)20-10-2-1-5-16(20)17(21)19-12-14-4-3-11-24-14/h3-4,6-9,11,16H,1-2,5,10,12H2,(H,19,21)/t16-/m1/s1. The summed E-state index contributed by atoms with van der Waals surface area (Å²) in [5.41, 5.74) is 0. The van der Waals surface area contributed by atoms with Crippen LogP contribution in [0.5, 0.6) is 0 Å². The van der Waals surface area contributed by atoms with Gasteiger partial charge in [-0.05, 0) is 48.6 Å². The molecule has 0 bridgehead atoms. The number of nitrogens with zero attached hydrogens (tertiary/aromatic N) is 1. The lowest BCUT2D eigenvalue weighted by atomic mass is 10.0. The highest BCUT2D eigenvalue weighted by Crippen LogP contribution is 2.26. The zero-order chi connectivity index (χ0) is 17.9. The third-order valence-electron chi connectivity index (χ3n) is 4.19. The first-order valence-electron chi connectivity index (χ1n) is 8.06. The van der Waals surface area contributed by atoms with Crippen LogP contribution in [0.1, 0.15) is 24.1 Å². The van der Waals surface area contributed by atoms with Gasteiger partial charge in [-0.1, -0.05) is 12.5 Å². The van der Waals surface area contributed by atoms with E-state index in [1.165, 1.54) is 27.8 Å². The van der Waals surface area contributed by atoms with Crippen molar-refractivity contribution >= 4 is 27.3 Å². The van der Waals surface area contributed by atoms with Crippen molar-refractivity contribution in [2.75, 3.05) is 6.54 Å². The van der Waals surface area contributed by atoms with Crippen molar-refractivity contribution < 1.29 is 17.6 Å². The molecule has 1 saturated heterocycles. The van der Waals surface area contributed by atoms with E-state index in [1.54, 1.807) is 0 Å². The van der Waals surface area contributed by atoms with E-state index in [-0.39, 0.29) is 17.3 Å². The van der Waals surface area contributed by atoms with Crippen LogP contribution in [0.25, 0.3) is 0 Å². The molecule has 1 atom stereocenters. The first kappa shape index (κ1) is 18.0. The largest absolute Gasteiger partial charge is 0.350 e. The summed E-state index contributed by atoms with van der Waals surface area (Å²) in [6.45, 7) is 0.675. The van der Waals surface area contributed by atoms with Crippen LogP contribution in [0.15, 0.2) is 46.7 Å². The Labute approximate surface area is 150 Å². The van der Waals surface area contributed by atoms with Gasteiger partial charge in [0.15, 0.2) is 0 Å². The third-order valence-corrected chi connectivity index (χ3v) is 6.99. The summed E-state index contributed by atoms with van der Waals surface area (Å²) in [5, 5.41) is 4.75. The average molecular weight is 382 g/mol. The highest BCUT2D eigenvalue weighted by atomic mass is 32.2. The van der Waals surface area contributed by atoms with E-state index in [0.29, 0.717) is 19.4 Å². The monoisotopic (exact) mass is 382 g/mol. The molecule has 2 aromatic rings. The van der Waals surface area contributed by atoms with Crippen molar-refractivity contribution in [3.8, 4) is 0 Å². The molecule has 8 heteroatoms. The second kappa shape index (κ2) is 7.63. The number of carbonyl (C=O) groups excluding carboxylic acids is 1. The normalized spacial score (nSPS) is 18.8. The van der Waals surface area contributed by atoms with Gasteiger partial charge in [0.25, 0.3) is 0 Å². The number of hydrogen-bond acceptors (Lipinski definition) is 4. The van der Waals surface area contributed by atoms with Gasteiger partial charge in [0.2, 0.25) is 15.9 Å². The fourth-order valence-corrected chi connectivity index (χ4v) is 5.20. The van der Waals surface area contributed by atoms with Crippen molar-refractivity contribution in [3.63, 3.8) is 0 Å². The van der Waals surface area contributed by atoms with Crippen LogP contribution in [-0.2, 0) is 21.4 Å². The lowest BCUT2D eigenvalue weighted by molar-refractivity contribution is -0.125. The topological polar surface area (TPSA) is 66.5 Å². The summed E-state index contributed by atoms with van der Waals surface area (Å²) in [7, 11) is -3.84. The summed E-state index contributed by atoms with van der Waals surface area (Å²) in [4.78, 5) is 13.6. The van der Waals surface area contributed by atoms with E-state index in [4.69, 9.17) is 0 Å². The minimum absolute atomic E-state index is 0.00635. The maximum absolute atomic E-state index is 13.1. The number of amides is 1. The van der Waals surface area contributed by atoms with Crippen LogP contribution in [0.4, 0.5) is 4.39 Å². The molecule has 0 unspecified atom stereocenters. The third kappa shape index (κ3) is 4.08. The quantitative estimate of drug-likeness (QED) is 0.865. The van der Waals surface area contributed by atoms with E-state index < -0.39 is 21.9 Å². The molecule has 1 amide bonds. The van der Waals surface area contributed by atoms with E-state index in [2.05, 4.69) is 5.32 Å². The number of benzene rings is 1. The average Bonchev–Trinajstić information content (AvgIpc) is 3.13. The van der Waals surface area contributed by atoms with Crippen molar-refractivity contribution in [1.82, 2.24) is 9.62 Å². The second-order valence-corrected chi connectivity index (χ2v) is 8.80. The van der Waals surface area contributed by atoms with Gasteiger partial charge < -0.3 is 5.32 Å². The predicted octanol–water partition coefficient (Wildman–Crippen LogP) is 2.75. The lowest BCUT2D eigenvalue weighted by Gasteiger charge is -2.33.